The third-order valence-electron chi connectivity index (χ3n) is 2.83. The van der Waals surface area contributed by atoms with Crippen LogP contribution in [0.5, 0.6) is 5.75 Å². The molecule has 0 spiro atoms. The third kappa shape index (κ3) is 19.9. The van der Waals surface area contributed by atoms with Gasteiger partial charge in [-0.2, -0.15) is 0 Å². The maximum absolute atomic E-state index is 9.99. The van der Waals surface area contributed by atoms with E-state index in [2.05, 4.69) is 11.1 Å². The fourth-order valence-corrected chi connectivity index (χ4v) is 2.05. The van der Waals surface area contributed by atoms with Gasteiger partial charge in [0.2, 0.25) is 10.4 Å². The molecule has 0 radical (unpaired) electrons. The van der Waals surface area contributed by atoms with Gasteiger partial charge >= 0.3 is 29.6 Å². The monoisotopic (exact) mass is 370 g/mol. The predicted molar refractivity (Wildman–Crippen MR) is 88.0 cm³/mol. The summed E-state index contributed by atoms with van der Waals surface area (Å²) in [7, 11) is -4.47. The van der Waals surface area contributed by atoms with Gasteiger partial charge in [-0.05, 0) is 18.6 Å². The number of para-hydroxylation sites is 1. The molecule has 0 fully saturated rings. The van der Waals surface area contributed by atoms with E-state index < -0.39 is 10.4 Å². The molecule has 1 aromatic carbocycles. The molecular formula is C16H27NaO6S. The van der Waals surface area contributed by atoms with Crippen molar-refractivity contribution in [1.82, 2.24) is 0 Å². The molecule has 134 valence electrons. The van der Waals surface area contributed by atoms with E-state index in [0.717, 1.165) is 18.6 Å². The van der Waals surface area contributed by atoms with Crippen molar-refractivity contribution in [3.63, 3.8) is 0 Å². The second-order valence-corrected chi connectivity index (χ2v) is 5.94. The molecule has 6 nitrogen and oxygen atoms in total. The fraction of sp³-hybridized carbons (Fsp3) is 0.625. The maximum atomic E-state index is 9.99. The van der Waals surface area contributed by atoms with Crippen LogP contribution >= 0.6 is 0 Å². The molecule has 1 aromatic rings. The number of hydrogen-bond donors (Lipinski definition) is 1. The second-order valence-electron chi connectivity index (χ2n) is 4.88. The van der Waals surface area contributed by atoms with Crippen LogP contribution in [0.4, 0.5) is 0 Å². The standard InChI is InChI=1S/C8H18O4S.C8H10O2.Na/c1-2-3-4-5-6-7-8-12-13(9,10)11;9-6-7-10-8-4-2-1-3-5-8;/h2-8H2,1H3,(H,9,10,11);1-5,9H,6-7H2;/q;;+1/p-1. The van der Waals surface area contributed by atoms with Crippen molar-refractivity contribution >= 4 is 10.4 Å². The second kappa shape index (κ2) is 17.7. The smallest absolute Gasteiger partial charge is 0.726 e. The van der Waals surface area contributed by atoms with Gasteiger partial charge in [-0.1, -0.05) is 57.2 Å². The van der Waals surface area contributed by atoms with Gasteiger partial charge in [0.1, 0.15) is 12.4 Å². The summed E-state index contributed by atoms with van der Waals surface area (Å²) >= 11 is 0. The topological polar surface area (TPSA) is 95.9 Å². The summed E-state index contributed by atoms with van der Waals surface area (Å²) in [5.74, 6) is 0.802. The Morgan fingerprint density at radius 1 is 1.00 bits per heavy atom. The van der Waals surface area contributed by atoms with Crippen LogP contribution in [0.1, 0.15) is 45.4 Å². The van der Waals surface area contributed by atoms with Crippen LogP contribution in [-0.4, -0.2) is 37.9 Å². The average molecular weight is 370 g/mol. The molecule has 0 aliphatic rings. The first-order valence-corrected chi connectivity index (χ1v) is 9.22. The van der Waals surface area contributed by atoms with Gasteiger partial charge in [0.25, 0.3) is 0 Å². The zero-order valence-electron chi connectivity index (χ0n) is 14.6. The summed E-state index contributed by atoms with van der Waals surface area (Å²) in [5.41, 5.74) is 0. The molecule has 0 aromatic heterocycles. The molecule has 0 atom stereocenters. The summed E-state index contributed by atoms with van der Waals surface area (Å²) in [6.07, 6.45) is 6.21. The molecule has 1 N–H and O–H groups in total. The van der Waals surface area contributed by atoms with E-state index in [-0.39, 0.29) is 42.8 Å². The van der Waals surface area contributed by atoms with Gasteiger partial charge < -0.3 is 14.4 Å². The summed E-state index contributed by atoms with van der Waals surface area (Å²) in [6, 6.07) is 9.43. The minimum absolute atomic E-state index is 0. The SMILES string of the molecule is CCCCCCCCOS(=O)(=O)[O-].OCCOc1ccccc1.[Na+]. The zero-order chi connectivity index (χ0) is 17.4. The van der Waals surface area contributed by atoms with Crippen molar-refractivity contribution in [1.29, 1.82) is 0 Å². The van der Waals surface area contributed by atoms with Crippen molar-refractivity contribution in [2.45, 2.75) is 45.4 Å². The molecule has 0 amide bonds. The number of rotatable bonds is 11. The Morgan fingerprint density at radius 3 is 2.12 bits per heavy atom. The van der Waals surface area contributed by atoms with Crippen molar-refractivity contribution < 1.29 is 56.6 Å². The van der Waals surface area contributed by atoms with Crippen LogP contribution in [0.3, 0.4) is 0 Å². The number of hydrogen-bond acceptors (Lipinski definition) is 6. The van der Waals surface area contributed by atoms with Gasteiger partial charge in [0.15, 0.2) is 0 Å². The van der Waals surface area contributed by atoms with E-state index in [1.807, 2.05) is 30.3 Å². The van der Waals surface area contributed by atoms with Crippen LogP contribution in [0.2, 0.25) is 0 Å². The first-order valence-electron chi connectivity index (χ1n) is 7.88. The number of unbranched alkanes of at least 4 members (excludes halogenated alkanes) is 5. The third-order valence-corrected chi connectivity index (χ3v) is 3.28. The molecule has 0 aliphatic heterocycles. The Labute approximate surface area is 167 Å². The Hall–Kier alpha value is -0.150. The summed E-state index contributed by atoms with van der Waals surface area (Å²) < 4.78 is 39.1. The van der Waals surface area contributed by atoms with E-state index in [9.17, 15) is 13.0 Å². The average Bonchev–Trinajstić information content (AvgIpc) is 2.53. The van der Waals surface area contributed by atoms with Gasteiger partial charge in [-0.25, -0.2) is 8.42 Å². The summed E-state index contributed by atoms with van der Waals surface area (Å²) in [6.45, 7) is 2.59. The molecule has 0 heterocycles. The van der Waals surface area contributed by atoms with Crippen LogP contribution in [0.15, 0.2) is 30.3 Å². The first-order chi connectivity index (χ1) is 11.0. The van der Waals surface area contributed by atoms with Crippen molar-refractivity contribution in [2.24, 2.45) is 0 Å². The van der Waals surface area contributed by atoms with E-state index in [1.54, 1.807) is 0 Å². The molecule has 0 unspecified atom stereocenters. The number of ether oxygens (including phenoxy) is 1. The quantitative estimate of drug-likeness (QED) is 0.253. The minimum atomic E-state index is -4.47. The molecule has 0 aliphatic carbocycles. The Bertz CT molecular complexity index is 467. The zero-order valence-corrected chi connectivity index (χ0v) is 17.5. The molecular weight excluding hydrogens is 343 g/mol. The number of benzene rings is 1. The number of aliphatic hydroxyl groups excluding tert-OH is 1. The molecule has 24 heavy (non-hydrogen) atoms. The Kier molecular flexibility index (Phi) is 19.2. The Morgan fingerprint density at radius 2 is 1.58 bits per heavy atom. The molecule has 1 rings (SSSR count). The van der Waals surface area contributed by atoms with E-state index >= 15 is 0 Å². The molecule has 0 saturated heterocycles. The summed E-state index contributed by atoms with van der Waals surface area (Å²) in [5, 5.41) is 8.40. The van der Waals surface area contributed by atoms with Crippen LogP contribution in [0, 0.1) is 0 Å². The number of aliphatic hydroxyl groups is 1. The van der Waals surface area contributed by atoms with Crippen molar-refractivity contribution in [3.8, 4) is 5.75 Å². The maximum Gasteiger partial charge on any atom is 1.00 e. The molecule has 0 saturated carbocycles. The van der Waals surface area contributed by atoms with Gasteiger partial charge in [0, 0.05) is 0 Å². The van der Waals surface area contributed by atoms with Gasteiger partial charge in [-0.3, -0.25) is 4.18 Å². The van der Waals surface area contributed by atoms with Crippen LogP contribution < -0.4 is 34.3 Å². The minimum Gasteiger partial charge on any atom is -0.726 e. The fourth-order valence-electron chi connectivity index (χ4n) is 1.72. The van der Waals surface area contributed by atoms with Gasteiger partial charge in [0.05, 0.1) is 13.2 Å². The van der Waals surface area contributed by atoms with Crippen molar-refractivity contribution in [3.05, 3.63) is 30.3 Å². The largest absolute Gasteiger partial charge is 1.00 e. The van der Waals surface area contributed by atoms with E-state index in [0.29, 0.717) is 13.0 Å². The normalized spacial score (nSPS) is 10.3. The Balaban J connectivity index is 0. The first kappa shape index (κ1) is 26.1. The van der Waals surface area contributed by atoms with E-state index in [1.165, 1.54) is 19.3 Å². The molecule has 8 heteroatoms. The predicted octanol–water partition coefficient (Wildman–Crippen LogP) is -0.115. The summed E-state index contributed by atoms with van der Waals surface area (Å²) in [4.78, 5) is 0. The van der Waals surface area contributed by atoms with Gasteiger partial charge in [-0.15, -0.1) is 0 Å². The van der Waals surface area contributed by atoms with Crippen LogP contribution in [0.25, 0.3) is 0 Å². The van der Waals surface area contributed by atoms with E-state index in [4.69, 9.17) is 9.84 Å². The molecule has 0 bridgehead atoms. The van der Waals surface area contributed by atoms with Crippen molar-refractivity contribution in [2.75, 3.05) is 19.8 Å². The van der Waals surface area contributed by atoms with Crippen LogP contribution in [-0.2, 0) is 14.6 Å².